The molecule has 10 heteroatoms. The van der Waals surface area contributed by atoms with Crippen LogP contribution in [0.25, 0.3) is 27.6 Å². The second-order valence-corrected chi connectivity index (χ2v) is 7.13. The van der Waals surface area contributed by atoms with Crippen LogP contribution in [0, 0.1) is 0 Å². The maximum atomic E-state index is 13.3. The Kier molecular flexibility index (Phi) is 4.31. The Balaban J connectivity index is 1.84. The predicted octanol–water partition coefficient (Wildman–Crippen LogP) is 3.50. The number of nitrogens with zero attached hydrogens (tertiary/aromatic N) is 5. The molecule has 154 valence electrons. The van der Waals surface area contributed by atoms with E-state index in [0.29, 0.717) is 29.7 Å². The highest BCUT2D eigenvalue weighted by atomic mass is 19.4. The van der Waals surface area contributed by atoms with Gasteiger partial charge in [-0.05, 0) is 37.1 Å². The van der Waals surface area contributed by atoms with Crippen LogP contribution in [0.2, 0.25) is 0 Å². The van der Waals surface area contributed by atoms with Gasteiger partial charge in [0.1, 0.15) is 11.3 Å². The molecule has 1 saturated heterocycles. The van der Waals surface area contributed by atoms with Gasteiger partial charge in [0.25, 0.3) is 5.56 Å². The maximum Gasteiger partial charge on any atom is 0.433 e. The lowest BCUT2D eigenvalue weighted by molar-refractivity contribution is -0.141. The van der Waals surface area contributed by atoms with Crippen molar-refractivity contribution >= 4 is 21.9 Å². The van der Waals surface area contributed by atoms with Gasteiger partial charge in [0, 0.05) is 36.4 Å². The first kappa shape index (κ1) is 18.7. The molecule has 0 aliphatic carbocycles. The largest absolute Gasteiger partial charge is 0.433 e. The standard InChI is InChI=1S/C20H16F3N5O2/c21-20(22,23)16-4-3-14-15-11-27(12-5-8-30-9-6-12)26-17(15)19(29)28(18(14)25-16)13-2-1-7-24-10-13/h1-4,7,10-12H,5-6,8-9H2. The lowest BCUT2D eigenvalue weighted by atomic mass is 10.1. The molecule has 0 spiro atoms. The Morgan fingerprint density at radius 1 is 1.10 bits per heavy atom. The van der Waals surface area contributed by atoms with Crippen LogP contribution < -0.4 is 5.56 Å². The van der Waals surface area contributed by atoms with E-state index in [1.54, 1.807) is 23.0 Å². The van der Waals surface area contributed by atoms with Crippen LogP contribution in [0.3, 0.4) is 0 Å². The summed E-state index contributed by atoms with van der Waals surface area (Å²) in [6.07, 6.45) is 1.51. The van der Waals surface area contributed by atoms with Crippen LogP contribution >= 0.6 is 0 Å². The molecule has 0 amide bonds. The summed E-state index contributed by atoms with van der Waals surface area (Å²) in [6, 6.07) is 5.53. The van der Waals surface area contributed by atoms with Crippen molar-refractivity contribution in [1.82, 2.24) is 24.3 Å². The molecule has 4 aromatic rings. The number of alkyl halides is 3. The summed E-state index contributed by atoms with van der Waals surface area (Å²) in [6.45, 7) is 1.19. The molecule has 0 atom stereocenters. The summed E-state index contributed by atoms with van der Waals surface area (Å²) < 4.78 is 48.2. The highest BCUT2D eigenvalue weighted by molar-refractivity contribution is 6.03. The second kappa shape index (κ2) is 6.91. The number of rotatable bonds is 2. The summed E-state index contributed by atoms with van der Waals surface area (Å²) in [4.78, 5) is 21.1. The van der Waals surface area contributed by atoms with Crippen molar-refractivity contribution in [3.05, 3.63) is 58.9 Å². The van der Waals surface area contributed by atoms with E-state index in [4.69, 9.17) is 4.74 Å². The Morgan fingerprint density at radius 2 is 1.90 bits per heavy atom. The zero-order valence-corrected chi connectivity index (χ0v) is 15.6. The summed E-state index contributed by atoms with van der Waals surface area (Å²) in [5.74, 6) is 0. The molecule has 0 N–H and O–H groups in total. The van der Waals surface area contributed by atoms with E-state index < -0.39 is 17.4 Å². The van der Waals surface area contributed by atoms with Gasteiger partial charge < -0.3 is 4.74 Å². The highest BCUT2D eigenvalue weighted by Crippen LogP contribution is 2.32. The molecule has 0 saturated carbocycles. The van der Waals surface area contributed by atoms with Gasteiger partial charge in [-0.1, -0.05) is 0 Å². The fourth-order valence-corrected chi connectivity index (χ4v) is 3.80. The Morgan fingerprint density at radius 3 is 2.60 bits per heavy atom. The van der Waals surface area contributed by atoms with Gasteiger partial charge in [-0.2, -0.15) is 18.3 Å². The fraction of sp³-hybridized carbons (Fsp3) is 0.300. The normalized spacial score (nSPS) is 15.8. The molecule has 0 aromatic carbocycles. The third-order valence-electron chi connectivity index (χ3n) is 5.27. The Labute approximate surface area is 167 Å². The topological polar surface area (TPSA) is 74.8 Å². The van der Waals surface area contributed by atoms with E-state index in [1.807, 2.05) is 0 Å². The minimum Gasteiger partial charge on any atom is -0.381 e. The van der Waals surface area contributed by atoms with Gasteiger partial charge in [-0.3, -0.25) is 19.0 Å². The first-order valence-electron chi connectivity index (χ1n) is 9.43. The van der Waals surface area contributed by atoms with E-state index in [2.05, 4.69) is 15.1 Å². The first-order chi connectivity index (χ1) is 14.4. The van der Waals surface area contributed by atoms with E-state index in [-0.39, 0.29) is 17.2 Å². The van der Waals surface area contributed by atoms with Gasteiger partial charge in [0.15, 0.2) is 5.52 Å². The third-order valence-corrected chi connectivity index (χ3v) is 5.27. The average Bonchev–Trinajstić information content (AvgIpc) is 3.20. The van der Waals surface area contributed by atoms with Gasteiger partial charge in [-0.25, -0.2) is 4.98 Å². The SMILES string of the molecule is O=c1c2nn(C3CCOCC3)cc2c2ccc(C(F)(F)F)nc2n1-c1cccnc1. The molecule has 4 aromatic heterocycles. The quantitative estimate of drug-likeness (QED) is 0.501. The van der Waals surface area contributed by atoms with Crippen molar-refractivity contribution in [3.63, 3.8) is 0 Å². The number of hydrogen-bond donors (Lipinski definition) is 0. The molecule has 7 nitrogen and oxygen atoms in total. The summed E-state index contributed by atoms with van der Waals surface area (Å²) in [5, 5.41) is 5.39. The predicted molar refractivity (Wildman–Crippen MR) is 103 cm³/mol. The van der Waals surface area contributed by atoms with Crippen LogP contribution in [-0.2, 0) is 10.9 Å². The average molecular weight is 415 g/mol. The Bertz CT molecular complexity index is 1290. The molecule has 0 radical (unpaired) electrons. The molecule has 5 rings (SSSR count). The zero-order chi connectivity index (χ0) is 20.9. The van der Waals surface area contributed by atoms with Crippen LogP contribution in [-0.4, -0.2) is 37.5 Å². The number of halogens is 3. The second-order valence-electron chi connectivity index (χ2n) is 7.13. The van der Waals surface area contributed by atoms with Crippen molar-refractivity contribution in [2.75, 3.05) is 13.2 Å². The maximum absolute atomic E-state index is 13.3. The van der Waals surface area contributed by atoms with Crippen molar-refractivity contribution in [2.24, 2.45) is 0 Å². The van der Waals surface area contributed by atoms with E-state index >= 15 is 0 Å². The van der Waals surface area contributed by atoms with Crippen molar-refractivity contribution in [2.45, 2.75) is 25.1 Å². The molecule has 5 heterocycles. The van der Waals surface area contributed by atoms with Crippen LogP contribution in [0.5, 0.6) is 0 Å². The lowest BCUT2D eigenvalue weighted by Gasteiger charge is -2.22. The van der Waals surface area contributed by atoms with Crippen molar-refractivity contribution in [1.29, 1.82) is 0 Å². The summed E-state index contributed by atoms with van der Waals surface area (Å²) in [5.41, 5.74) is -1.19. The van der Waals surface area contributed by atoms with Gasteiger partial charge in [-0.15, -0.1) is 0 Å². The van der Waals surface area contributed by atoms with Gasteiger partial charge in [0.2, 0.25) is 0 Å². The van der Waals surface area contributed by atoms with E-state index in [9.17, 15) is 18.0 Å². The number of ether oxygens (including phenoxy) is 1. The van der Waals surface area contributed by atoms with Gasteiger partial charge >= 0.3 is 6.18 Å². The minimum atomic E-state index is -4.63. The molecule has 1 aliphatic heterocycles. The molecular weight excluding hydrogens is 399 g/mol. The minimum absolute atomic E-state index is 0.0647. The highest BCUT2D eigenvalue weighted by Gasteiger charge is 2.33. The molecule has 30 heavy (non-hydrogen) atoms. The first-order valence-corrected chi connectivity index (χ1v) is 9.43. The molecule has 0 bridgehead atoms. The smallest absolute Gasteiger partial charge is 0.381 e. The number of hydrogen-bond acceptors (Lipinski definition) is 5. The summed E-state index contributed by atoms with van der Waals surface area (Å²) >= 11 is 0. The molecule has 1 aliphatic rings. The summed E-state index contributed by atoms with van der Waals surface area (Å²) in [7, 11) is 0. The number of fused-ring (bicyclic) bond motifs is 3. The van der Waals surface area contributed by atoms with Crippen molar-refractivity contribution < 1.29 is 17.9 Å². The number of aromatic nitrogens is 5. The van der Waals surface area contributed by atoms with E-state index in [0.717, 1.165) is 23.5 Å². The van der Waals surface area contributed by atoms with Crippen LogP contribution in [0.4, 0.5) is 13.2 Å². The van der Waals surface area contributed by atoms with Crippen LogP contribution in [0.1, 0.15) is 24.6 Å². The van der Waals surface area contributed by atoms with Gasteiger partial charge in [0.05, 0.1) is 17.9 Å². The molecular formula is C20H16F3N5O2. The number of pyridine rings is 3. The van der Waals surface area contributed by atoms with E-state index in [1.165, 1.54) is 18.5 Å². The monoisotopic (exact) mass is 415 g/mol. The van der Waals surface area contributed by atoms with Crippen molar-refractivity contribution in [3.8, 4) is 5.69 Å². The Hall–Kier alpha value is -3.27. The van der Waals surface area contributed by atoms with Crippen LogP contribution in [0.15, 0.2) is 47.7 Å². The molecule has 0 unspecified atom stereocenters. The lowest BCUT2D eigenvalue weighted by Crippen LogP contribution is -2.22. The zero-order valence-electron chi connectivity index (χ0n) is 15.6. The third kappa shape index (κ3) is 3.04. The molecule has 1 fully saturated rings. The fourth-order valence-electron chi connectivity index (χ4n) is 3.80.